The lowest BCUT2D eigenvalue weighted by atomic mass is 10.1. The lowest BCUT2D eigenvalue weighted by molar-refractivity contribution is 0.0949. The summed E-state index contributed by atoms with van der Waals surface area (Å²) in [5.74, 6) is -3.27. The third-order valence-corrected chi connectivity index (χ3v) is 4.31. The Labute approximate surface area is 171 Å². The maximum Gasteiger partial charge on any atom is 0.255 e. The fourth-order valence-electron chi connectivity index (χ4n) is 2.83. The van der Waals surface area contributed by atoms with Crippen LogP contribution in [0.5, 0.6) is 5.75 Å². The van der Waals surface area contributed by atoms with Gasteiger partial charge in [0.25, 0.3) is 11.8 Å². The van der Waals surface area contributed by atoms with Gasteiger partial charge in [-0.2, -0.15) is 0 Å². The van der Waals surface area contributed by atoms with Gasteiger partial charge in [-0.15, -0.1) is 0 Å². The summed E-state index contributed by atoms with van der Waals surface area (Å²) >= 11 is 0. The van der Waals surface area contributed by atoms with Crippen LogP contribution in [0.2, 0.25) is 0 Å². The highest BCUT2D eigenvalue weighted by Gasteiger charge is 2.14. The van der Waals surface area contributed by atoms with Crippen LogP contribution in [0.25, 0.3) is 0 Å². The van der Waals surface area contributed by atoms with E-state index in [0.29, 0.717) is 12.6 Å². The molecule has 1 aromatic heterocycles. The zero-order valence-electron chi connectivity index (χ0n) is 15.9. The van der Waals surface area contributed by atoms with Crippen LogP contribution in [0.1, 0.15) is 33.6 Å². The van der Waals surface area contributed by atoms with Crippen molar-refractivity contribution in [1.82, 2.24) is 14.9 Å². The van der Waals surface area contributed by atoms with Gasteiger partial charge in [0.1, 0.15) is 17.4 Å². The number of benzene rings is 2. The molecule has 0 unspecified atom stereocenters. The Hall–Kier alpha value is -3.75. The molecule has 156 valence electrons. The van der Waals surface area contributed by atoms with E-state index in [1.165, 1.54) is 18.2 Å². The lowest BCUT2D eigenvalue weighted by Gasteiger charge is -2.10. The number of hydrogen-bond acceptors (Lipinski definition) is 4. The maximum atomic E-state index is 13.2. The average Bonchev–Trinajstić information content (AvgIpc) is 3.20. The quantitative estimate of drug-likeness (QED) is 0.493. The van der Waals surface area contributed by atoms with Crippen LogP contribution < -0.4 is 10.6 Å². The summed E-state index contributed by atoms with van der Waals surface area (Å²) in [5.41, 5.74) is 0.0305. The summed E-state index contributed by atoms with van der Waals surface area (Å²) in [5, 5.41) is 15.3. The number of phenolic OH excluding ortho intramolecular Hbond substituents is 1. The number of carbonyl (C=O) groups is 2. The maximum absolute atomic E-state index is 13.2. The van der Waals surface area contributed by atoms with Crippen molar-refractivity contribution in [1.29, 1.82) is 0 Å². The fourth-order valence-corrected chi connectivity index (χ4v) is 2.83. The smallest absolute Gasteiger partial charge is 0.255 e. The van der Waals surface area contributed by atoms with E-state index in [0.717, 1.165) is 31.5 Å². The number of amides is 2. The Morgan fingerprint density at radius 2 is 1.80 bits per heavy atom. The van der Waals surface area contributed by atoms with E-state index < -0.39 is 23.4 Å². The van der Waals surface area contributed by atoms with Crippen LogP contribution in [-0.2, 0) is 6.54 Å². The van der Waals surface area contributed by atoms with Gasteiger partial charge in [0.15, 0.2) is 0 Å². The van der Waals surface area contributed by atoms with Gasteiger partial charge < -0.3 is 20.3 Å². The summed E-state index contributed by atoms with van der Waals surface area (Å²) in [6.07, 6.45) is 6.90. The Balaban J connectivity index is 1.52. The number of hydrogen-bond donors (Lipinski definition) is 3. The number of carbonyl (C=O) groups excluding carboxylic acids is 2. The fraction of sp³-hybridized carbons (Fsp3) is 0.190. The van der Waals surface area contributed by atoms with Crippen molar-refractivity contribution in [2.45, 2.75) is 19.4 Å². The number of imidazole rings is 1. The third-order valence-electron chi connectivity index (χ3n) is 4.31. The molecule has 9 heteroatoms. The molecule has 0 spiro atoms. The largest absolute Gasteiger partial charge is 0.507 e. The highest BCUT2D eigenvalue weighted by molar-refractivity contribution is 6.05. The van der Waals surface area contributed by atoms with Crippen LogP contribution in [0.3, 0.4) is 0 Å². The predicted molar refractivity (Wildman–Crippen MR) is 106 cm³/mol. The molecule has 3 N–H and O–H groups in total. The molecule has 30 heavy (non-hydrogen) atoms. The Morgan fingerprint density at radius 3 is 2.47 bits per heavy atom. The Morgan fingerprint density at radius 1 is 1.03 bits per heavy atom. The lowest BCUT2D eigenvalue weighted by Crippen LogP contribution is -2.24. The molecule has 0 atom stereocenters. The van der Waals surface area contributed by atoms with E-state index in [2.05, 4.69) is 15.6 Å². The summed E-state index contributed by atoms with van der Waals surface area (Å²) < 4.78 is 28.4. The molecule has 0 bridgehead atoms. The standard InChI is InChI=1S/C21H20F2N4O3/c22-15-9-14(10-16(23)11-15)20(29)26-17-3-4-18(19(28)12-17)21(30)25-5-1-2-7-27-8-6-24-13-27/h3-4,6,8-13,28H,1-2,5,7H2,(H,25,30)(H,26,29). The molecule has 0 fully saturated rings. The number of rotatable bonds is 8. The van der Waals surface area contributed by atoms with Crippen molar-refractivity contribution in [3.05, 3.63) is 77.9 Å². The van der Waals surface area contributed by atoms with Crippen molar-refractivity contribution in [2.24, 2.45) is 0 Å². The van der Waals surface area contributed by atoms with E-state index >= 15 is 0 Å². The molecule has 2 aromatic carbocycles. The number of aromatic nitrogens is 2. The molecule has 0 saturated heterocycles. The SMILES string of the molecule is O=C(Nc1ccc(C(=O)NCCCCn2ccnc2)c(O)c1)c1cc(F)cc(F)c1. The van der Waals surface area contributed by atoms with Crippen LogP contribution >= 0.6 is 0 Å². The second-order valence-corrected chi connectivity index (χ2v) is 6.61. The molecule has 1 heterocycles. The number of nitrogens with one attached hydrogen (secondary N) is 2. The van der Waals surface area contributed by atoms with Gasteiger partial charge in [-0.1, -0.05) is 0 Å². The Bertz CT molecular complexity index is 1020. The van der Waals surface area contributed by atoms with Crippen molar-refractivity contribution < 1.29 is 23.5 Å². The first-order valence-electron chi connectivity index (χ1n) is 9.27. The summed E-state index contributed by atoms with van der Waals surface area (Å²) in [6, 6.07) is 6.42. The van der Waals surface area contributed by atoms with Gasteiger partial charge in [-0.05, 0) is 37.1 Å². The molecule has 0 saturated carbocycles. The summed E-state index contributed by atoms with van der Waals surface area (Å²) in [7, 11) is 0. The first kappa shape index (κ1) is 21.0. The normalized spacial score (nSPS) is 10.6. The van der Waals surface area contributed by atoms with Gasteiger partial charge in [-0.3, -0.25) is 9.59 Å². The average molecular weight is 414 g/mol. The zero-order chi connectivity index (χ0) is 21.5. The van der Waals surface area contributed by atoms with Crippen molar-refractivity contribution in [3.8, 4) is 5.75 Å². The monoisotopic (exact) mass is 414 g/mol. The van der Waals surface area contributed by atoms with E-state index in [1.807, 2.05) is 10.8 Å². The number of unbranched alkanes of at least 4 members (excludes halogenated alkanes) is 1. The van der Waals surface area contributed by atoms with E-state index in [-0.39, 0.29) is 22.6 Å². The number of halogens is 2. The highest BCUT2D eigenvalue weighted by Crippen LogP contribution is 2.22. The van der Waals surface area contributed by atoms with E-state index in [9.17, 15) is 23.5 Å². The first-order chi connectivity index (χ1) is 14.4. The molecule has 2 amide bonds. The number of aryl methyl sites for hydroxylation is 1. The summed E-state index contributed by atoms with van der Waals surface area (Å²) in [6.45, 7) is 1.24. The number of anilines is 1. The minimum atomic E-state index is -0.875. The van der Waals surface area contributed by atoms with Gasteiger partial charge in [0.2, 0.25) is 0 Å². The first-order valence-corrected chi connectivity index (χ1v) is 9.27. The molecule has 7 nitrogen and oxygen atoms in total. The molecule has 3 aromatic rings. The van der Waals surface area contributed by atoms with Crippen molar-refractivity contribution >= 4 is 17.5 Å². The van der Waals surface area contributed by atoms with Crippen LogP contribution in [0.4, 0.5) is 14.5 Å². The van der Waals surface area contributed by atoms with E-state index in [1.54, 1.807) is 12.5 Å². The van der Waals surface area contributed by atoms with Gasteiger partial charge >= 0.3 is 0 Å². The summed E-state index contributed by atoms with van der Waals surface area (Å²) in [4.78, 5) is 28.3. The second kappa shape index (κ2) is 9.64. The third kappa shape index (κ3) is 5.63. The molecule has 3 rings (SSSR count). The molecular formula is C21H20F2N4O3. The van der Waals surface area contributed by atoms with Gasteiger partial charge in [0, 0.05) is 48.9 Å². The highest BCUT2D eigenvalue weighted by atomic mass is 19.1. The van der Waals surface area contributed by atoms with E-state index in [4.69, 9.17) is 0 Å². The number of nitrogens with zero attached hydrogens (tertiary/aromatic N) is 2. The molecule has 0 aliphatic rings. The Kier molecular flexibility index (Phi) is 6.74. The van der Waals surface area contributed by atoms with Gasteiger partial charge in [0.05, 0.1) is 11.9 Å². The van der Waals surface area contributed by atoms with Crippen LogP contribution in [0, 0.1) is 11.6 Å². The van der Waals surface area contributed by atoms with Crippen molar-refractivity contribution in [2.75, 3.05) is 11.9 Å². The number of aromatic hydroxyl groups is 1. The van der Waals surface area contributed by atoms with Crippen molar-refractivity contribution in [3.63, 3.8) is 0 Å². The molecule has 0 radical (unpaired) electrons. The van der Waals surface area contributed by atoms with Gasteiger partial charge in [-0.25, -0.2) is 13.8 Å². The molecule has 0 aliphatic heterocycles. The molecule has 0 aliphatic carbocycles. The van der Waals surface area contributed by atoms with Crippen LogP contribution in [-0.4, -0.2) is 33.0 Å². The number of phenols is 1. The second-order valence-electron chi connectivity index (χ2n) is 6.61. The zero-order valence-corrected chi connectivity index (χ0v) is 15.9. The predicted octanol–water partition coefficient (Wildman–Crippen LogP) is 3.33. The molecular weight excluding hydrogens is 394 g/mol. The minimum Gasteiger partial charge on any atom is -0.507 e. The minimum absolute atomic E-state index is 0.0550. The van der Waals surface area contributed by atoms with Crippen LogP contribution in [0.15, 0.2) is 55.1 Å². The topological polar surface area (TPSA) is 96.3 Å².